The lowest BCUT2D eigenvalue weighted by atomic mass is 10.1. The van der Waals surface area contributed by atoms with E-state index in [4.69, 9.17) is 9.47 Å². The van der Waals surface area contributed by atoms with E-state index in [-0.39, 0.29) is 22.6 Å². The summed E-state index contributed by atoms with van der Waals surface area (Å²) >= 11 is 3.31. The molecule has 0 aliphatic heterocycles. The van der Waals surface area contributed by atoms with Crippen LogP contribution < -0.4 is 9.47 Å². The number of aryl methyl sites for hydroxylation is 1. The van der Waals surface area contributed by atoms with Gasteiger partial charge in [0.05, 0.1) is 22.0 Å². The number of ether oxygens (including phenoxy) is 2. The van der Waals surface area contributed by atoms with Gasteiger partial charge in [-0.3, -0.25) is 14.9 Å². The van der Waals surface area contributed by atoms with Gasteiger partial charge in [-0.2, -0.15) is 0 Å². The maximum Gasteiger partial charge on any atom is 0.302 e. The van der Waals surface area contributed by atoms with Crippen molar-refractivity contribution < 1.29 is 24.3 Å². The molecule has 0 bridgehead atoms. The van der Waals surface area contributed by atoms with Crippen LogP contribution in [0.5, 0.6) is 17.4 Å². The van der Waals surface area contributed by atoms with Crippen molar-refractivity contribution in [3.8, 4) is 17.4 Å². The summed E-state index contributed by atoms with van der Waals surface area (Å²) in [5, 5.41) is 28.7. The van der Waals surface area contributed by atoms with E-state index in [1.807, 2.05) is 0 Å². The molecule has 2 aromatic carbocycles. The van der Waals surface area contributed by atoms with Gasteiger partial charge in [-0.25, -0.2) is 0 Å². The third kappa shape index (κ3) is 4.35. The first-order chi connectivity index (χ1) is 13.8. The van der Waals surface area contributed by atoms with E-state index >= 15 is 0 Å². The highest BCUT2D eigenvalue weighted by Crippen LogP contribution is 2.39. The summed E-state index contributed by atoms with van der Waals surface area (Å²) in [6, 6.07) is 7.60. The van der Waals surface area contributed by atoms with Gasteiger partial charge in [-0.05, 0) is 46.6 Å². The van der Waals surface area contributed by atoms with E-state index < -0.39 is 17.4 Å². The second-order valence-corrected chi connectivity index (χ2v) is 6.80. The highest BCUT2D eigenvalue weighted by atomic mass is 79.9. The number of benzene rings is 2. The molecule has 0 saturated heterocycles. The molecule has 3 rings (SSSR count). The number of hydrogen-bond acceptors (Lipinski definition) is 7. The summed E-state index contributed by atoms with van der Waals surface area (Å²) < 4.78 is 11.1. The lowest BCUT2D eigenvalue weighted by Crippen LogP contribution is -2.08. The molecule has 0 spiro atoms. The van der Waals surface area contributed by atoms with Gasteiger partial charge in [0.25, 0.3) is 5.69 Å². The van der Waals surface area contributed by atoms with E-state index in [0.717, 1.165) is 0 Å². The maximum atomic E-state index is 12.0. The number of aromatic hydroxyl groups is 1. The normalized spacial score (nSPS) is 11.1. The summed E-state index contributed by atoms with van der Waals surface area (Å²) in [6.07, 6.45) is 0. The first-order valence-corrected chi connectivity index (χ1v) is 9.00. The minimum Gasteiger partial charge on any atom is -0.497 e. The van der Waals surface area contributed by atoms with Crippen LogP contribution in [-0.2, 0) is 4.79 Å². The van der Waals surface area contributed by atoms with Crippen LogP contribution in [0.4, 0.5) is 11.4 Å². The lowest BCUT2D eigenvalue weighted by molar-refractivity contribution is -0.384. The van der Waals surface area contributed by atoms with E-state index in [1.165, 1.54) is 19.2 Å². The van der Waals surface area contributed by atoms with Crippen LogP contribution in [0.2, 0.25) is 0 Å². The quantitative estimate of drug-likeness (QED) is 0.312. The van der Waals surface area contributed by atoms with Crippen LogP contribution in [0.1, 0.15) is 5.56 Å². The molecule has 0 atom stereocenters. The Hall–Kier alpha value is -3.47. The summed E-state index contributed by atoms with van der Waals surface area (Å²) in [5.74, 6) is -0.0208. The van der Waals surface area contributed by atoms with Gasteiger partial charge in [0, 0.05) is 17.5 Å². The Kier molecular flexibility index (Phi) is 5.78. The number of hydrogen-bond donors (Lipinski definition) is 2. The number of methoxy groups -OCH3 is 1. The third-order valence-electron chi connectivity index (χ3n) is 4.01. The Morgan fingerprint density at radius 2 is 2.10 bits per heavy atom. The van der Waals surface area contributed by atoms with E-state index in [1.54, 1.807) is 25.1 Å². The van der Waals surface area contributed by atoms with Crippen molar-refractivity contribution in [1.29, 1.82) is 0 Å². The van der Waals surface area contributed by atoms with Crippen molar-refractivity contribution in [3.63, 3.8) is 0 Å². The topological polar surface area (TPSA) is 139 Å². The van der Waals surface area contributed by atoms with Crippen molar-refractivity contribution in [2.24, 2.45) is 10.2 Å². The summed E-state index contributed by atoms with van der Waals surface area (Å²) in [5.41, 5.74) is 0.785. The minimum atomic E-state index is -0.705. The fourth-order valence-corrected chi connectivity index (χ4v) is 3.10. The fourth-order valence-electron chi connectivity index (χ4n) is 2.63. The lowest BCUT2D eigenvalue weighted by Gasteiger charge is -2.07. The highest BCUT2D eigenvalue weighted by molar-refractivity contribution is 9.10. The molecule has 3 aromatic rings. The first-order valence-electron chi connectivity index (χ1n) is 8.20. The number of H-pyrrole nitrogens is 1. The smallest absolute Gasteiger partial charge is 0.302 e. The monoisotopic (exact) mass is 462 g/mol. The number of non-ortho nitro benzene ring substituents is 1. The van der Waals surface area contributed by atoms with Gasteiger partial charge in [-0.1, -0.05) is 0 Å². The van der Waals surface area contributed by atoms with E-state index in [0.29, 0.717) is 27.1 Å². The molecule has 0 fully saturated rings. The number of aromatic nitrogens is 1. The molecular weight excluding hydrogens is 448 g/mol. The van der Waals surface area contributed by atoms with Crippen LogP contribution in [-0.4, -0.2) is 34.6 Å². The molecule has 1 aromatic heterocycles. The predicted octanol–water partition coefficient (Wildman–Crippen LogP) is 4.55. The molecule has 150 valence electrons. The van der Waals surface area contributed by atoms with Crippen molar-refractivity contribution >= 4 is 44.1 Å². The van der Waals surface area contributed by atoms with E-state index in [9.17, 15) is 20.0 Å². The van der Waals surface area contributed by atoms with Crippen molar-refractivity contribution in [2.45, 2.75) is 6.92 Å². The van der Waals surface area contributed by atoms with Gasteiger partial charge in [0.1, 0.15) is 11.5 Å². The van der Waals surface area contributed by atoms with Crippen molar-refractivity contribution in [1.82, 2.24) is 4.98 Å². The first kappa shape index (κ1) is 20.3. The fraction of sp³-hybridized carbons (Fsp3) is 0.167. The molecule has 0 radical (unpaired) electrons. The molecule has 10 nitrogen and oxygen atoms in total. The number of aromatic amines is 1. The number of nitro benzene ring substituents is 1. The Morgan fingerprint density at radius 1 is 1.34 bits per heavy atom. The van der Waals surface area contributed by atoms with Gasteiger partial charge in [0.2, 0.25) is 5.88 Å². The average molecular weight is 463 g/mol. The molecule has 0 unspecified atom stereocenters. The van der Waals surface area contributed by atoms with Gasteiger partial charge >= 0.3 is 5.91 Å². The number of fused-ring (bicyclic) bond motifs is 1. The zero-order valence-electron chi connectivity index (χ0n) is 15.3. The van der Waals surface area contributed by atoms with Crippen LogP contribution in [0.3, 0.4) is 0 Å². The summed E-state index contributed by atoms with van der Waals surface area (Å²) in [4.78, 5) is 25.2. The number of azo groups is 1. The van der Waals surface area contributed by atoms with Gasteiger partial charge in [-0.15, -0.1) is 10.2 Å². The van der Waals surface area contributed by atoms with Crippen molar-refractivity contribution in [2.75, 3.05) is 13.7 Å². The Balaban J connectivity index is 1.78. The molecule has 1 heterocycles. The molecule has 0 aliphatic carbocycles. The Bertz CT molecular complexity index is 1140. The standard InChI is InChI=1S/C18H15BrN4O6/c1-9-5-10(23(26)27)6-12-16(9)20-18(25)17(12)22-21-15(24)8-29-14-4-3-11(28-2)7-13(14)19/h3-7,20,25H,8H2,1-2H3. The molecule has 2 N–H and O–H groups in total. The number of carbonyl (C=O) groups is 1. The summed E-state index contributed by atoms with van der Waals surface area (Å²) in [7, 11) is 1.53. The average Bonchev–Trinajstić information content (AvgIpc) is 3.01. The van der Waals surface area contributed by atoms with Crippen LogP contribution in [0, 0.1) is 17.0 Å². The maximum absolute atomic E-state index is 12.0. The third-order valence-corrected chi connectivity index (χ3v) is 4.63. The zero-order chi connectivity index (χ0) is 21.1. The second-order valence-electron chi connectivity index (χ2n) is 5.94. The van der Waals surface area contributed by atoms with Crippen LogP contribution in [0.15, 0.2) is 45.0 Å². The highest BCUT2D eigenvalue weighted by Gasteiger charge is 2.18. The molecule has 11 heteroatoms. The Labute approximate surface area is 172 Å². The second kappa shape index (κ2) is 8.27. The van der Waals surface area contributed by atoms with Crippen LogP contribution >= 0.6 is 15.9 Å². The molecule has 0 aliphatic rings. The summed E-state index contributed by atoms with van der Waals surface area (Å²) in [6.45, 7) is 1.26. The molecule has 0 saturated carbocycles. The number of nitrogens with zero attached hydrogens (tertiary/aromatic N) is 3. The number of amides is 1. The Morgan fingerprint density at radius 3 is 2.76 bits per heavy atom. The van der Waals surface area contributed by atoms with Gasteiger partial charge < -0.3 is 19.6 Å². The molecular formula is C18H15BrN4O6. The van der Waals surface area contributed by atoms with Crippen LogP contribution in [0.25, 0.3) is 10.9 Å². The number of carbonyl (C=O) groups excluding carboxylic acids is 1. The number of rotatable bonds is 6. The molecule has 29 heavy (non-hydrogen) atoms. The number of halogens is 1. The van der Waals surface area contributed by atoms with Crippen molar-refractivity contribution in [3.05, 3.63) is 50.5 Å². The predicted molar refractivity (Wildman–Crippen MR) is 107 cm³/mol. The number of nitrogens with one attached hydrogen (secondary N) is 1. The largest absolute Gasteiger partial charge is 0.497 e. The van der Waals surface area contributed by atoms with E-state index in [2.05, 4.69) is 31.1 Å². The number of nitro groups is 1. The zero-order valence-corrected chi connectivity index (χ0v) is 16.9. The SMILES string of the molecule is COc1ccc(OCC(=O)N=Nc2c(O)[nH]c3c(C)cc([N+](=O)[O-])cc23)c(Br)c1. The van der Waals surface area contributed by atoms with Gasteiger partial charge in [0.15, 0.2) is 12.3 Å². The molecule has 1 amide bonds. The minimum absolute atomic E-state index is 0.0641.